The Morgan fingerprint density at radius 1 is 0.941 bits per heavy atom. The number of ether oxygens (including phenoxy) is 1. The SMILES string of the molecule is CC(C)(C)OC(=O)NC1(C(=O)NS(=O)(=O)Cc2ccccc2)CCN(Cc2ccccc2)CC1. The molecule has 1 heterocycles. The third-order valence-corrected chi connectivity index (χ3v) is 6.79. The van der Waals surface area contributed by atoms with E-state index in [9.17, 15) is 18.0 Å². The maximum Gasteiger partial charge on any atom is 0.408 e. The first-order chi connectivity index (χ1) is 16.0. The predicted octanol–water partition coefficient (Wildman–Crippen LogP) is 3.19. The molecule has 0 radical (unpaired) electrons. The normalized spacial score (nSPS) is 16.4. The number of amides is 2. The van der Waals surface area contributed by atoms with Crippen LogP contribution in [0.3, 0.4) is 0 Å². The van der Waals surface area contributed by atoms with Crippen LogP contribution >= 0.6 is 0 Å². The summed E-state index contributed by atoms with van der Waals surface area (Å²) < 4.78 is 33.0. The fourth-order valence-electron chi connectivity index (χ4n) is 3.91. The molecule has 0 aromatic heterocycles. The molecule has 2 aromatic rings. The van der Waals surface area contributed by atoms with Crippen LogP contribution in [0.1, 0.15) is 44.7 Å². The van der Waals surface area contributed by atoms with Crippen molar-refractivity contribution >= 4 is 22.0 Å². The topological polar surface area (TPSA) is 105 Å². The fraction of sp³-hybridized carbons (Fsp3) is 0.440. The van der Waals surface area contributed by atoms with Crippen molar-refractivity contribution in [3.8, 4) is 0 Å². The van der Waals surface area contributed by atoms with Crippen LogP contribution in [-0.2, 0) is 31.9 Å². The highest BCUT2D eigenvalue weighted by molar-refractivity contribution is 7.89. The molecule has 34 heavy (non-hydrogen) atoms. The van der Waals surface area contributed by atoms with E-state index in [0.717, 1.165) is 5.56 Å². The highest BCUT2D eigenvalue weighted by Gasteiger charge is 2.45. The largest absolute Gasteiger partial charge is 0.444 e. The summed E-state index contributed by atoms with van der Waals surface area (Å²) >= 11 is 0. The first-order valence-electron chi connectivity index (χ1n) is 11.3. The van der Waals surface area contributed by atoms with Crippen LogP contribution in [0.5, 0.6) is 0 Å². The lowest BCUT2D eigenvalue weighted by Crippen LogP contribution is -2.64. The molecule has 3 rings (SSSR count). The average molecular weight is 488 g/mol. The predicted molar refractivity (Wildman–Crippen MR) is 130 cm³/mol. The van der Waals surface area contributed by atoms with Crippen LogP contribution < -0.4 is 10.0 Å². The van der Waals surface area contributed by atoms with Crippen molar-refractivity contribution in [1.29, 1.82) is 0 Å². The monoisotopic (exact) mass is 487 g/mol. The van der Waals surface area contributed by atoms with Gasteiger partial charge in [0.25, 0.3) is 5.91 Å². The molecule has 1 aliphatic heterocycles. The molecule has 1 saturated heterocycles. The van der Waals surface area contributed by atoms with Crippen molar-refractivity contribution in [2.45, 2.75) is 57.1 Å². The second-order valence-corrected chi connectivity index (χ2v) is 11.4. The number of sulfonamides is 1. The van der Waals surface area contributed by atoms with Gasteiger partial charge in [-0.05, 0) is 44.7 Å². The van der Waals surface area contributed by atoms with Crippen molar-refractivity contribution in [2.75, 3.05) is 13.1 Å². The molecule has 2 amide bonds. The van der Waals surface area contributed by atoms with E-state index in [1.54, 1.807) is 51.1 Å². The first kappa shape index (κ1) is 25.7. The lowest BCUT2D eigenvalue weighted by Gasteiger charge is -2.41. The fourth-order valence-corrected chi connectivity index (χ4v) is 5.09. The Morgan fingerprint density at radius 3 is 2.00 bits per heavy atom. The lowest BCUT2D eigenvalue weighted by atomic mass is 9.86. The molecule has 1 aliphatic rings. The van der Waals surface area contributed by atoms with Crippen molar-refractivity contribution in [1.82, 2.24) is 14.9 Å². The number of alkyl carbamates (subject to hydrolysis) is 1. The zero-order valence-electron chi connectivity index (χ0n) is 19.9. The number of rotatable bonds is 7. The highest BCUT2D eigenvalue weighted by atomic mass is 32.2. The molecule has 2 N–H and O–H groups in total. The number of likely N-dealkylation sites (tertiary alicyclic amines) is 1. The van der Waals surface area contributed by atoms with Crippen molar-refractivity contribution in [2.24, 2.45) is 0 Å². The summed E-state index contributed by atoms with van der Waals surface area (Å²) in [4.78, 5) is 28.1. The van der Waals surface area contributed by atoms with E-state index < -0.39 is 33.2 Å². The number of benzene rings is 2. The Hall–Kier alpha value is -2.91. The minimum atomic E-state index is -3.96. The second-order valence-electron chi connectivity index (χ2n) is 9.65. The summed E-state index contributed by atoms with van der Waals surface area (Å²) in [6, 6.07) is 18.6. The standard InChI is InChI=1S/C25H33N3O5S/c1-24(2,3)33-23(30)26-25(14-16-28(17-15-25)18-20-10-6-4-7-11-20)22(29)27-34(31,32)19-21-12-8-5-9-13-21/h4-13H,14-19H2,1-3H3,(H,26,30)(H,27,29). The molecule has 2 aromatic carbocycles. The Kier molecular flexibility index (Phi) is 7.99. The maximum atomic E-state index is 13.3. The van der Waals surface area contributed by atoms with Crippen LogP contribution in [-0.4, -0.2) is 49.5 Å². The molecule has 0 spiro atoms. The highest BCUT2D eigenvalue weighted by Crippen LogP contribution is 2.25. The molecule has 184 valence electrons. The van der Waals surface area contributed by atoms with Crippen LogP contribution in [0, 0.1) is 0 Å². The smallest absolute Gasteiger partial charge is 0.408 e. The summed E-state index contributed by atoms with van der Waals surface area (Å²) in [5, 5.41) is 2.70. The van der Waals surface area contributed by atoms with Gasteiger partial charge in [-0.2, -0.15) is 0 Å². The van der Waals surface area contributed by atoms with Gasteiger partial charge in [-0.15, -0.1) is 0 Å². The summed E-state index contributed by atoms with van der Waals surface area (Å²) in [5.41, 5.74) is -0.436. The van der Waals surface area contributed by atoms with Gasteiger partial charge in [0.1, 0.15) is 11.1 Å². The third-order valence-electron chi connectivity index (χ3n) is 5.58. The van der Waals surface area contributed by atoms with Gasteiger partial charge in [0.15, 0.2) is 0 Å². The molecule has 8 nitrogen and oxygen atoms in total. The number of nitrogens with one attached hydrogen (secondary N) is 2. The Labute approximate surface area is 201 Å². The van der Waals surface area contributed by atoms with E-state index in [1.807, 2.05) is 30.3 Å². The molecular formula is C25H33N3O5S. The van der Waals surface area contributed by atoms with E-state index in [0.29, 0.717) is 25.2 Å². The minimum absolute atomic E-state index is 0.256. The Bertz CT molecular complexity index is 1070. The summed E-state index contributed by atoms with van der Waals surface area (Å²) in [7, 11) is -3.96. The quantitative estimate of drug-likeness (QED) is 0.622. The first-order valence-corrected chi connectivity index (χ1v) is 13.0. The number of carbonyl (C=O) groups is 2. The number of piperidine rings is 1. The molecule has 0 bridgehead atoms. The minimum Gasteiger partial charge on any atom is -0.444 e. The molecule has 0 atom stereocenters. The molecule has 0 saturated carbocycles. The van der Waals surface area contributed by atoms with E-state index in [2.05, 4.69) is 14.9 Å². The third kappa shape index (κ3) is 7.56. The van der Waals surface area contributed by atoms with Gasteiger partial charge in [0, 0.05) is 19.6 Å². The van der Waals surface area contributed by atoms with E-state index >= 15 is 0 Å². The van der Waals surface area contributed by atoms with Crippen LogP contribution in [0.15, 0.2) is 60.7 Å². The number of carbonyl (C=O) groups excluding carboxylic acids is 2. The van der Waals surface area contributed by atoms with Gasteiger partial charge < -0.3 is 10.1 Å². The van der Waals surface area contributed by atoms with E-state index in [-0.39, 0.29) is 18.6 Å². The molecule has 1 fully saturated rings. The molecule has 0 aliphatic carbocycles. The van der Waals surface area contributed by atoms with Crippen LogP contribution in [0.2, 0.25) is 0 Å². The Morgan fingerprint density at radius 2 is 1.47 bits per heavy atom. The van der Waals surface area contributed by atoms with Gasteiger partial charge in [-0.25, -0.2) is 13.2 Å². The van der Waals surface area contributed by atoms with Crippen molar-refractivity contribution < 1.29 is 22.7 Å². The van der Waals surface area contributed by atoms with Crippen molar-refractivity contribution in [3.63, 3.8) is 0 Å². The average Bonchev–Trinajstić information content (AvgIpc) is 2.74. The number of nitrogens with zero attached hydrogens (tertiary/aromatic N) is 1. The van der Waals surface area contributed by atoms with E-state index in [1.165, 1.54) is 0 Å². The van der Waals surface area contributed by atoms with E-state index in [4.69, 9.17) is 4.74 Å². The van der Waals surface area contributed by atoms with Crippen LogP contribution in [0.4, 0.5) is 4.79 Å². The Balaban J connectivity index is 1.73. The maximum absolute atomic E-state index is 13.3. The zero-order chi connectivity index (χ0) is 24.8. The molecular weight excluding hydrogens is 454 g/mol. The zero-order valence-corrected chi connectivity index (χ0v) is 20.7. The molecule has 9 heteroatoms. The van der Waals surface area contributed by atoms with Gasteiger partial charge in [0.05, 0.1) is 5.75 Å². The summed E-state index contributed by atoms with van der Waals surface area (Å²) in [6.45, 7) is 6.91. The molecule has 0 unspecified atom stereocenters. The summed E-state index contributed by atoms with van der Waals surface area (Å²) in [6.07, 6.45) is -0.239. The van der Waals surface area contributed by atoms with Gasteiger partial charge in [0.2, 0.25) is 10.0 Å². The number of hydrogen-bond donors (Lipinski definition) is 2. The van der Waals surface area contributed by atoms with Crippen LogP contribution in [0.25, 0.3) is 0 Å². The van der Waals surface area contributed by atoms with Crippen molar-refractivity contribution in [3.05, 3.63) is 71.8 Å². The van der Waals surface area contributed by atoms with Gasteiger partial charge in [-0.3, -0.25) is 14.4 Å². The van der Waals surface area contributed by atoms with Gasteiger partial charge in [-0.1, -0.05) is 60.7 Å². The van der Waals surface area contributed by atoms with Gasteiger partial charge >= 0.3 is 6.09 Å². The second kappa shape index (κ2) is 10.6. The number of hydrogen-bond acceptors (Lipinski definition) is 6. The lowest BCUT2D eigenvalue weighted by molar-refractivity contribution is -0.128. The summed E-state index contributed by atoms with van der Waals surface area (Å²) in [5.74, 6) is -1.07.